The van der Waals surface area contributed by atoms with E-state index in [1.165, 1.54) is 281 Å². The normalized spacial score (nSPS) is 29.4. The molecule has 21 saturated heterocycles. The highest BCUT2D eigenvalue weighted by molar-refractivity contribution is 7.13. The third kappa shape index (κ3) is 22.0. The zero-order valence-electron chi connectivity index (χ0n) is 83.7. The van der Waals surface area contributed by atoms with Crippen molar-refractivity contribution in [3.05, 3.63) is 210 Å². The summed E-state index contributed by atoms with van der Waals surface area (Å²) in [7, 11) is 15.9. The summed E-state index contributed by atoms with van der Waals surface area (Å²) in [6.07, 6.45) is 30.4. The molecule has 7 unspecified atom stereocenters. The Morgan fingerprint density at radius 3 is 1.15 bits per heavy atom. The van der Waals surface area contributed by atoms with Gasteiger partial charge < -0.3 is 56.9 Å². The summed E-state index contributed by atoms with van der Waals surface area (Å²) in [5.74, 6) is 6.22. The van der Waals surface area contributed by atoms with Gasteiger partial charge in [0, 0.05) is 190 Å². The summed E-state index contributed by atoms with van der Waals surface area (Å²) < 4.78 is 37.8. The topological polar surface area (TPSA) is 201 Å². The van der Waals surface area contributed by atoms with Crippen LogP contribution >= 0.6 is 23.1 Å². The van der Waals surface area contributed by atoms with Crippen molar-refractivity contribution in [3.8, 4) is 0 Å². The monoisotopic (exact) mass is 1930 g/mol. The van der Waals surface area contributed by atoms with Gasteiger partial charge in [0.1, 0.15) is 5.69 Å². The van der Waals surface area contributed by atoms with Gasteiger partial charge in [0.25, 0.3) is 0 Å². The molecule has 0 radical (unpaired) electrons. The van der Waals surface area contributed by atoms with Crippen LogP contribution in [0.3, 0.4) is 0 Å². The lowest BCUT2D eigenvalue weighted by Crippen LogP contribution is -2.56. The van der Waals surface area contributed by atoms with Gasteiger partial charge in [-0.05, 0) is 378 Å². The molecule has 14 bridgehead atoms. The first kappa shape index (κ1) is 95.9. The molecular weight excluding hydrogens is 1780 g/mol. The van der Waals surface area contributed by atoms with Crippen molar-refractivity contribution >= 4 is 98.1 Å². The van der Waals surface area contributed by atoms with Gasteiger partial charge in [-0.1, -0.05) is 105 Å². The number of aromatic nitrogens is 7. The first-order chi connectivity index (χ1) is 68.6. The number of likely N-dealkylation sites (N-methyl/N-ethyl adjacent to an activating group) is 7. The number of hydrogen-bond acceptors (Lipinski definition) is 28. The Hall–Kier alpha value is -8.89. The molecule has 742 valence electrons. The van der Waals surface area contributed by atoms with Crippen molar-refractivity contribution in [2.75, 3.05) is 187 Å². The van der Waals surface area contributed by atoms with E-state index in [0.29, 0.717) is 24.2 Å². The van der Waals surface area contributed by atoms with E-state index >= 15 is 0 Å². The predicted octanol–water partition coefficient (Wildman–Crippen LogP) is 17.4. The largest absolute Gasteiger partial charge is 0.356 e. The Morgan fingerprint density at radius 2 is 0.636 bits per heavy atom. The van der Waals surface area contributed by atoms with Crippen LogP contribution in [0.2, 0.25) is 0 Å². The van der Waals surface area contributed by atoms with Crippen LogP contribution in [0, 0.1) is 41.4 Å². The quantitative estimate of drug-likeness (QED) is 0.0656. The fourth-order valence-electron chi connectivity index (χ4n) is 27.1. The molecule has 21 aliphatic heterocycles. The average molecular weight is 1930 g/mol. The molecule has 7 aromatic carbocycles. The van der Waals surface area contributed by atoms with Crippen molar-refractivity contribution in [3.63, 3.8) is 0 Å². The average Bonchev–Trinajstić information content (AvgIpc) is 1.27. The van der Waals surface area contributed by atoms with Gasteiger partial charge in [-0.3, -0.25) is 34.3 Å². The molecular formula is C112H147N21O5S2. The van der Waals surface area contributed by atoms with Gasteiger partial charge in [-0.15, -0.1) is 0 Å². The van der Waals surface area contributed by atoms with Gasteiger partial charge in [-0.25, -0.2) is 0 Å². The number of rotatable bonds is 21. The minimum Gasteiger partial charge on any atom is -0.356 e. The molecule has 7 aromatic heterocycles. The standard InChI is InChI=1S/5C16H21N3O.2C16H21N3S/c1-18(15-11-19-6-4-13(15)5-7-19)10-12-2-3-16-14(8-12)9-17-20-16;1-18(15-11-19-6-4-13(15)5-7-19)10-12-2-3-14-9-17-20-16(14)8-12;1-18(15-11-19-7-5-12(15)6-8-19)10-13-3-2-4-16-14(13)9-17-20-16;1-18(15-11-19-7-5-12(15)6-8-19)10-14-4-2-3-13-9-17-20-16(13)14;1-18(15-11-19-8-6-12(15)7-9-19)10-14-13-4-2-3-5-16(13)20-17-14;1-18(15-11-19-6-4-13(15)5-7-19)10-12-2-3-14-9-17-20-16(14)8-12;1-18(15-11-19-7-5-12(15)6-8-19)10-14-4-2-3-13-9-17-20-16(13)14/h2*2-3,8-9,13,15H,4-7,10-11H2,1H3;2*2-4,9,12,15H,5-8,10-11H2,1H3;2-5,12,15H,6-11H2,1H3;2-3,8-9,13,15H,4-7,10-11H2,1H3;2-4,9,12,15H,5-8,10-11H2,1H3. The van der Waals surface area contributed by atoms with Crippen molar-refractivity contribution in [2.24, 2.45) is 41.4 Å². The molecule has 0 aliphatic carbocycles. The third-order valence-electron chi connectivity index (χ3n) is 35.4. The van der Waals surface area contributed by atoms with Crippen LogP contribution < -0.4 is 0 Å². The van der Waals surface area contributed by atoms with Crippen LogP contribution in [0.1, 0.15) is 129 Å². The lowest BCUT2D eigenvalue weighted by molar-refractivity contribution is 0.0129. The minimum absolute atomic E-state index is 0.674. The van der Waals surface area contributed by atoms with Gasteiger partial charge in [-0.2, -0.15) is 8.75 Å². The Kier molecular flexibility index (Phi) is 30.1. The van der Waals surface area contributed by atoms with E-state index in [9.17, 15) is 0 Å². The maximum atomic E-state index is 5.41. The summed E-state index contributed by atoms with van der Waals surface area (Å²) in [5, 5.41) is 27.9. The second kappa shape index (κ2) is 44.0. The van der Waals surface area contributed by atoms with Crippen LogP contribution in [0.25, 0.3) is 75.0 Å². The molecule has 28 heterocycles. The Labute approximate surface area is 834 Å². The summed E-state index contributed by atoms with van der Waals surface area (Å²) >= 11 is 3.23. The Balaban J connectivity index is 0.0000000939. The molecule has 21 fully saturated rings. The van der Waals surface area contributed by atoms with E-state index < -0.39 is 0 Å². The minimum atomic E-state index is 0.674. The molecule has 0 spiro atoms. The number of para-hydroxylation sites is 2. The fraction of sp³-hybridized carbons (Fsp3) is 0.562. The van der Waals surface area contributed by atoms with E-state index in [2.05, 4.69) is 262 Å². The van der Waals surface area contributed by atoms with Crippen LogP contribution in [0.15, 0.2) is 193 Å². The van der Waals surface area contributed by atoms with E-state index in [4.69, 9.17) is 22.6 Å². The summed E-state index contributed by atoms with van der Waals surface area (Å²) in [4.78, 5) is 36.0. The van der Waals surface area contributed by atoms with Gasteiger partial charge in [0.05, 0.1) is 34.2 Å². The van der Waals surface area contributed by atoms with E-state index in [1.807, 2.05) is 42.9 Å². The molecule has 0 saturated carbocycles. The maximum Gasteiger partial charge on any atom is 0.171 e. The number of hydrogen-bond donors (Lipinski definition) is 0. The maximum absolute atomic E-state index is 5.41. The third-order valence-corrected chi connectivity index (χ3v) is 37.0. The highest BCUT2D eigenvalue weighted by atomic mass is 32.1. The molecule has 0 amide bonds. The van der Waals surface area contributed by atoms with E-state index in [0.717, 1.165) is 166 Å². The van der Waals surface area contributed by atoms with Gasteiger partial charge in [0.15, 0.2) is 27.9 Å². The fourth-order valence-corrected chi connectivity index (χ4v) is 28.5. The molecule has 28 heteroatoms. The van der Waals surface area contributed by atoms with Crippen molar-refractivity contribution in [1.29, 1.82) is 0 Å². The lowest BCUT2D eigenvalue weighted by atomic mass is 9.83. The molecule has 21 aliphatic rings. The summed E-state index contributed by atoms with van der Waals surface area (Å²) in [6, 6.07) is 51.8. The van der Waals surface area contributed by atoms with Crippen LogP contribution in [0.5, 0.6) is 0 Å². The van der Waals surface area contributed by atoms with Gasteiger partial charge in [0.2, 0.25) is 0 Å². The first-order valence-corrected chi connectivity index (χ1v) is 54.5. The second-order valence-electron chi connectivity index (χ2n) is 44.0. The highest BCUT2D eigenvalue weighted by Gasteiger charge is 2.44. The molecule has 14 aromatic rings. The smallest absolute Gasteiger partial charge is 0.171 e. The summed E-state index contributed by atoms with van der Waals surface area (Å²) in [5.41, 5.74) is 13.7. The van der Waals surface area contributed by atoms with E-state index in [-0.39, 0.29) is 0 Å². The second-order valence-corrected chi connectivity index (χ2v) is 45.7. The Bertz CT molecular complexity index is 5810. The van der Waals surface area contributed by atoms with Crippen LogP contribution in [-0.4, -0.2) is 332 Å². The highest BCUT2D eigenvalue weighted by Crippen LogP contribution is 2.41. The van der Waals surface area contributed by atoms with Crippen molar-refractivity contribution < 1.29 is 22.6 Å². The zero-order chi connectivity index (χ0) is 94.7. The first-order valence-electron chi connectivity index (χ1n) is 52.9. The van der Waals surface area contributed by atoms with Crippen molar-refractivity contribution in [2.45, 2.75) is 178 Å². The molecule has 35 rings (SSSR count). The molecule has 26 nitrogen and oxygen atoms in total. The number of fused-ring (bicyclic) bond motifs is 28. The summed E-state index contributed by atoms with van der Waals surface area (Å²) in [6.45, 7) is 33.9. The zero-order valence-corrected chi connectivity index (χ0v) is 85.3. The van der Waals surface area contributed by atoms with E-state index in [1.54, 1.807) is 41.7 Å². The van der Waals surface area contributed by atoms with Crippen LogP contribution in [-0.2, 0) is 45.8 Å². The van der Waals surface area contributed by atoms with Crippen molar-refractivity contribution in [1.82, 2.24) is 103 Å². The molecule has 7 atom stereocenters. The van der Waals surface area contributed by atoms with Crippen LogP contribution in [0.4, 0.5) is 0 Å². The Morgan fingerprint density at radius 1 is 0.271 bits per heavy atom. The molecule has 140 heavy (non-hydrogen) atoms. The number of benzene rings is 7. The number of nitrogens with zero attached hydrogens (tertiary/aromatic N) is 21. The van der Waals surface area contributed by atoms with Gasteiger partial charge >= 0.3 is 0 Å². The molecule has 0 N–H and O–H groups in total. The lowest BCUT2D eigenvalue weighted by Gasteiger charge is -2.48. The SMILES string of the molecule is CN(Cc1ccc2cnoc2c1)C1CN2CCC1CC2.CN(Cc1ccc2cnsc2c1)C1CN2CCC1CC2.CN(Cc1ccc2oncc2c1)C1CN2CCC1CC2.CN(Cc1cccc2cnoc12)C1CN2CCC1CC2.CN(Cc1cccc2cnsc12)C1CN2CCC1CC2.CN(Cc1cccc2oncc12)C1CN2CCC1CC2.CN(Cc1noc2ccccc12)C1CN2CCC1CC2. The predicted molar refractivity (Wildman–Crippen MR) is 560 cm³/mol. The number of piperidine rings is 21.